The summed E-state index contributed by atoms with van der Waals surface area (Å²) in [5.74, 6) is 2.77. The van der Waals surface area contributed by atoms with Crippen molar-refractivity contribution in [1.29, 1.82) is 0 Å². The van der Waals surface area contributed by atoms with Crippen LogP contribution >= 0.6 is 0 Å². The van der Waals surface area contributed by atoms with Crippen molar-refractivity contribution in [3.8, 4) is 45.7 Å². The molecule has 0 radical (unpaired) electrons. The molecule has 0 saturated carbocycles. The van der Waals surface area contributed by atoms with Crippen LogP contribution in [0.5, 0.6) is 17.5 Å². The largest absolute Gasteiger partial charge is 0.496 e. The molecule has 0 aliphatic rings. The Morgan fingerprint density at radius 2 is 1.69 bits per heavy atom. The van der Waals surface area contributed by atoms with E-state index in [2.05, 4.69) is 20.5 Å². The summed E-state index contributed by atoms with van der Waals surface area (Å²) >= 11 is 0. The number of amides is 1. The van der Waals surface area contributed by atoms with Gasteiger partial charge in [0.2, 0.25) is 17.7 Å². The van der Waals surface area contributed by atoms with E-state index in [0.29, 0.717) is 35.6 Å². The summed E-state index contributed by atoms with van der Waals surface area (Å²) in [4.78, 5) is 15.6. The number of hydrogen-bond acceptors (Lipinski definition) is 7. The van der Waals surface area contributed by atoms with Crippen molar-refractivity contribution in [2.75, 3.05) is 27.4 Å². The summed E-state index contributed by atoms with van der Waals surface area (Å²) in [7, 11) is 3.21. The van der Waals surface area contributed by atoms with Crippen molar-refractivity contribution in [3.63, 3.8) is 0 Å². The molecule has 9 heteroatoms. The molecule has 0 unspecified atom stereocenters. The van der Waals surface area contributed by atoms with Crippen LogP contribution in [-0.2, 0) is 4.79 Å². The van der Waals surface area contributed by atoms with Crippen LogP contribution in [0.3, 0.4) is 0 Å². The maximum atomic E-state index is 11.2. The Bertz CT molecular complexity index is 1320. The molecule has 0 atom stereocenters. The van der Waals surface area contributed by atoms with Gasteiger partial charge < -0.3 is 19.5 Å². The molecule has 0 aliphatic heterocycles. The molecular weight excluding hydrogens is 446 g/mol. The lowest BCUT2D eigenvalue weighted by molar-refractivity contribution is -0.119. The van der Waals surface area contributed by atoms with Gasteiger partial charge in [-0.1, -0.05) is 42.5 Å². The quantitative estimate of drug-likeness (QED) is 0.369. The number of pyridine rings is 1. The lowest BCUT2D eigenvalue weighted by atomic mass is 10.0. The number of benzene rings is 2. The first-order valence-corrected chi connectivity index (χ1v) is 11.1. The second-order valence-corrected chi connectivity index (χ2v) is 7.69. The maximum Gasteiger partial charge on any atom is 0.241 e. The number of hydrogen-bond donors (Lipinski definition) is 1. The number of aromatic nitrogens is 4. The van der Waals surface area contributed by atoms with Crippen molar-refractivity contribution in [2.45, 2.75) is 13.8 Å². The fraction of sp³-hybridized carbons (Fsp3) is 0.231. The highest BCUT2D eigenvalue weighted by Crippen LogP contribution is 2.33. The van der Waals surface area contributed by atoms with Gasteiger partial charge in [0.15, 0.2) is 5.82 Å². The Labute approximate surface area is 203 Å². The van der Waals surface area contributed by atoms with E-state index in [-0.39, 0.29) is 12.5 Å². The van der Waals surface area contributed by atoms with E-state index in [1.807, 2.05) is 66.1 Å². The monoisotopic (exact) mass is 473 g/mol. The third-order valence-corrected chi connectivity index (χ3v) is 5.37. The van der Waals surface area contributed by atoms with Crippen LogP contribution in [0.15, 0.2) is 60.7 Å². The highest BCUT2D eigenvalue weighted by atomic mass is 16.5. The molecule has 35 heavy (non-hydrogen) atoms. The summed E-state index contributed by atoms with van der Waals surface area (Å²) in [6.07, 6.45) is 0. The zero-order valence-corrected chi connectivity index (χ0v) is 20.1. The van der Waals surface area contributed by atoms with Gasteiger partial charge in [0.25, 0.3) is 0 Å². The average Bonchev–Trinajstić information content (AvgIpc) is 3.27. The van der Waals surface area contributed by atoms with E-state index in [9.17, 15) is 4.79 Å². The number of rotatable bonds is 9. The van der Waals surface area contributed by atoms with E-state index >= 15 is 0 Å². The molecule has 1 amide bonds. The number of nitrogens with one attached hydrogen (secondary N) is 1. The molecule has 0 saturated heterocycles. The van der Waals surface area contributed by atoms with Crippen molar-refractivity contribution in [1.82, 2.24) is 25.1 Å². The van der Waals surface area contributed by atoms with E-state index in [1.165, 1.54) is 6.92 Å². The summed E-state index contributed by atoms with van der Waals surface area (Å²) < 4.78 is 18.6. The van der Waals surface area contributed by atoms with E-state index in [4.69, 9.17) is 14.2 Å². The molecule has 4 rings (SSSR count). The summed E-state index contributed by atoms with van der Waals surface area (Å²) in [6, 6.07) is 19.5. The zero-order valence-electron chi connectivity index (χ0n) is 20.1. The average molecular weight is 474 g/mol. The SMILES string of the molecule is COc1ccc(-n2c(C)nnc2-c2ccc(-c3ccccc3OC)cc2)c(OCCNC(C)=O)n1. The van der Waals surface area contributed by atoms with Crippen molar-refractivity contribution in [3.05, 3.63) is 66.5 Å². The number of carbonyl (C=O) groups excluding carboxylic acids is 1. The minimum absolute atomic E-state index is 0.124. The second-order valence-electron chi connectivity index (χ2n) is 7.69. The molecule has 9 nitrogen and oxygen atoms in total. The van der Waals surface area contributed by atoms with E-state index in [0.717, 1.165) is 22.4 Å². The normalized spacial score (nSPS) is 10.6. The first-order valence-electron chi connectivity index (χ1n) is 11.1. The molecule has 1 N–H and O–H groups in total. The standard InChI is InChI=1S/C26H27N5O4/c1-17-29-30-25(20-11-9-19(10-12-20)21-7-5-6-8-23(21)33-3)31(17)22-13-14-24(34-4)28-26(22)35-16-15-27-18(2)32/h5-14H,15-16H2,1-4H3,(H,27,32). The molecule has 2 aromatic heterocycles. The summed E-state index contributed by atoms with van der Waals surface area (Å²) in [5, 5.41) is 11.4. The minimum Gasteiger partial charge on any atom is -0.496 e. The number of ether oxygens (including phenoxy) is 3. The lowest BCUT2D eigenvalue weighted by Crippen LogP contribution is -2.25. The van der Waals surface area contributed by atoms with Crippen molar-refractivity contribution >= 4 is 5.91 Å². The summed E-state index contributed by atoms with van der Waals surface area (Å²) in [5.41, 5.74) is 3.58. The van der Waals surface area contributed by atoms with Gasteiger partial charge in [-0.25, -0.2) is 0 Å². The van der Waals surface area contributed by atoms with Crippen LogP contribution in [0.1, 0.15) is 12.7 Å². The van der Waals surface area contributed by atoms with Crippen LogP contribution in [0.4, 0.5) is 0 Å². The van der Waals surface area contributed by atoms with E-state index < -0.39 is 0 Å². The van der Waals surface area contributed by atoms with Crippen LogP contribution in [0.2, 0.25) is 0 Å². The number of aryl methyl sites for hydroxylation is 1. The fourth-order valence-corrected chi connectivity index (χ4v) is 3.70. The van der Waals surface area contributed by atoms with Gasteiger partial charge in [0, 0.05) is 24.1 Å². The molecule has 0 fully saturated rings. The molecule has 4 aromatic rings. The van der Waals surface area contributed by atoms with Gasteiger partial charge in [-0.3, -0.25) is 9.36 Å². The van der Waals surface area contributed by atoms with Gasteiger partial charge in [-0.2, -0.15) is 4.98 Å². The van der Waals surface area contributed by atoms with Gasteiger partial charge in [-0.15, -0.1) is 10.2 Å². The smallest absolute Gasteiger partial charge is 0.241 e. The van der Waals surface area contributed by atoms with Gasteiger partial charge in [0.05, 0.1) is 20.8 Å². The molecule has 2 heterocycles. The Hall–Kier alpha value is -4.40. The fourth-order valence-electron chi connectivity index (χ4n) is 3.70. The molecule has 2 aromatic carbocycles. The van der Waals surface area contributed by atoms with E-state index in [1.54, 1.807) is 20.3 Å². The maximum absolute atomic E-state index is 11.2. The van der Waals surface area contributed by atoms with Crippen LogP contribution in [0, 0.1) is 6.92 Å². The van der Waals surface area contributed by atoms with Crippen LogP contribution in [-0.4, -0.2) is 53.0 Å². The molecule has 0 spiro atoms. The Balaban J connectivity index is 1.69. The Morgan fingerprint density at radius 3 is 2.40 bits per heavy atom. The zero-order chi connectivity index (χ0) is 24.8. The topological polar surface area (TPSA) is 100 Å². The molecule has 0 bridgehead atoms. The minimum atomic E-state index is -0.124. The second kappa shape index (κ2) is 10.7. The molecule has 180 valence electrons. The van der Waals surface area contributed by atoms with Crippen molar-refractivity contribution < 1.29 is 19.0 Å². The number of nitrogens with zero attached hydrogens (tertiary/aromatic N) is 4. The van der Waals surface area contributed by atoms with Gasteiger partial charge in [0.1, 0.15) is 23.9 Å². The number of para-hydroxylation sites is 1. The van der Waals surface area contributed by atoms with Crippen LogP contribution < -0.4 is 19.5 Å². The highest BCUT2D eigenvalue weighted by Gasteiger charge is 2.19. The Morgan fingerprint density at radius 1 is 0.943 bits per heavy atom. The van der Waals surface area contributed by atoms with Crippen molar-refractivity contribution in [2.24, 2.45) is 0 Å². The molecule has 0 aliphatic carbocycles. The highest BCUT2D eigenvalue weighted by molar-refractivity contribution is 5.73. The third kappa shape index (κ3) is 5.24. The number of carbonyl (C=O) groups is 1. The predicted octanol–water partition coefficient (Wildman–Crippen LogP) is 3.84. The lowest BCUT2D eigenvalue weighted by Gasteiger charge is -2.15. The Kier molecular flexibility index (Phi) is 7.25. The van der Waals surface area contributed by atoms with Gasteiger partial charge in [-0.05, 0) is 24.6 Å². The van der Waals surface area contributed by atoms with Crippen LogP contribution in [0.25, 0.3) is 28.2 Å². The van der Waals surface area contributed by atoms with Gasteiger partial charge >= 0.3 is 0 Å². The first kappa shape index (κ1) is 23.7. The summed E-state index contributed by atoms with van der Waals surface area (Å²) in [6.45, 7) is 3.93. The number of methoxy groups -OCH3 is 2. The molecular formula is C26H27N5O4. The third-order valence-electron chi connectivity index (χ3n) is 5.37. The predicted molar refractivity (Wildman–Crippen MR) is 132 cm³/mol. The first-order chi connectivity index (χ1) is 17.0.